The number of thiocarbonyl (C=S) groups is 1. The van der Waals surface area contributed by atoms with E-state index in [1.165, 1.54) is 6.92 Å². The molecule has 1 heterocycles. The van der Waals surface area contributed by atoms with Crippen molar-refractivity contribution in [1.29, 1.82) is 0 Å². The molecule has 0 bridgehead atoms. The van der Waals surface area contributed by atoms with Crippen LogP contribution in [0.3, 0.4) is 0 Å². The highest BCUT2D eigenvalue weighted by Crippen LogP contribution is 2.34. The van der Waals surface area contributed by atoms with Gasteiger partial charge in [0.2, 0.25) is 0 Å². The third-order valence-electron chi connectivity index (χ3n) is 3.04. The SMILES string of the molecule is Cc1ccccc1/C=C1\SC(=S)N([C@H](C)C(=O)O)C1=O. The van der Waals surface area contributed by atoms with Crippen LogP contribution >= 0.6 is 24.0 Å². The molecule has 1 aliphatic heterocycles. The van der Waals surface area contributed by atoms with Gasteiger partial charge in [-0.15, -0.1) is 0 Å². The Kier molecular flexibility index (Phi) is 4.25. The third kappa shape index (κ3) is 2.76. The summed E-state index contributed by atoms with van der Waals surface area (Å²) in [6, 6.07) is 6.71. The first-order valence-corrected chi connectivity index (χ1v) is 7.20. The summed E-state index contributed by atoms with van der Waals surface area (Å²) < 4.78 is 0.282. The highest BCUT2D eigenvalue weighted by atomic mass is 32.2. The molecule has 20 heavy (non-hydrogen) atoms. The van der Waals surface area contributed by atoms with E-state index in [0.29, 0.717) is 4.91 Å². The molecule has 1 N–H and O–H groups in total. The van der Waals surface area contributed by atoms with Gasteiger partial charge in [0.15, 0.2) is 0 Å². The lowest BCUT2D eigenvalue weighted by Gasteiger charge is -2.18. The van der Waals surface area contributed by atoms with E-state index >= 15 is 0 Å². The number of benzene rings is 1. The van der Waals surface area contributed by atoms with Crippen molar-refractivity contribution in [3.63, 3.8) is 0 Å². The highest BCUT2D eigenvalue weighted by molar-refractivity contribution is 8.26. The summed E-state index contributed by atoms with van der Waals surface area (Å²) in [7, 11) is 0. The van der Waals surface area contributed by atoms with E-state index in [4.69, 9.17) is 17.3 Å². The first-order valence-electron chi connectivity index (χ1n) is 5.97. The number of carboxylic acid groups (broad SMARTS) is 1. The van der Waals surface area contributed by atoms with Crippen LogP contribution in [0.5, 0.6) is 0 Å². The van der Waals surface area contributed by atoms with Crippen molar-refractivity contribution in [2.24, 2.45) is 0 Å². The molecule has 1 fully saturated rings. The Hall–Kier alpha value is -1.66. The molecule has 0 aromatic heterocycles. The van der Waals surface area contributed by atoms with Crippen LogP contribution in [0.2, 0.25) is 0 Å². The van der Waals surface area contributed by atoms with Gasteiger partial charge >= 0.3 is 5.97 Å². The highest BCUT2D eigenvalue weighted by Gasteiger charge is 2.38. The van der Waals surface area contributed by atoms with Crippen molar-refractivity contribution in [3.05, 3.63) is 40.3 Å². The first-order chi connectivity index (χ1) is 9.41. The topological polar surface area (TPSA) is 57.6 Å². The average Bonchev–Trinajstić information content (AvgIpc) is 2.66. The van der Waals surface area contributed by atoms with Crippen molar-refractivity contribution in [1.82, 2.24) is 4.90 Å². The summed E-state index contributed by atoms with van der Waals surface area (Å²) in [5.74, 6) is -1.42. The quantitative estimate of drug-likeness (QED) is 0.687. The zero-order valence-electron chi connectivity index (χ0n) is 11.0. The van der Waals surface area contributed by atoms with Crippen molar-refractivity contribution < 1.29 is 14.7 Å². The molecule has 0 saturated carbocycles. The molecule has 1 aliphatic rings. The second-order valence-electron chi connectivity index (χ2n) is 4.42. The summed E-state index contributed by atoms with van der Waals surface area (Å²) in [5, 5.41) is 9.02. The Bertz CT molecular complexity index is 625. The van der Waals surface area contributed by atoms with Gasteiger partial charge in [-0.25, -0.2) is 4.79 Å². The monoisotopic (exact) mass is 307 g/mol. The second kappa shape index (κ2) is 5.76. The van der Waals surface area contributed by atoms with Crippen LogP contribution in [-0.2, 0) is 9.59 Å². The Morgan fingerprint density at radius 3 is 2.70 bits per heavy atom. The van der Waals surface area contributed by atoms with Crippen molar-refractivity contribution in [3.8, 4) is 0 Å². The minimum atomic E-state index is -1.07. The molecular formula is C14H13NO3S2. The smallest absolute Gasteiger partial charge is 0.326 e. The molecule has 0 unspecified atom stereocenters. The van der Waals surface area contributed by atoms with E-state index in [0.717, 1.165) is 27.8 Å². The molecule has 1 aromatic rings. The maximum absolute atomic E-state index is 12.3. The fraction of sp³-hybridized carbons (Fsp3) is 0.214. The second-order valence-corrected chi connectivity index (χ2v) is 6.10. The van der Waals surface area contributed by atoms with Crippen LogP contribution in [0.25, 0.3) is 6.08 Å². The Morgan fingerprint density at radius 1 is 1.45 bits per heavy atom. The van der Waals surface area contributed by atoms with Crippen LogP contribution in [0, 0.1) is 6.92 Å². The van der Waals surface area contributed by atoms with Crippen molar-refractivity contribution in [2.45, 2.75) is 19.9 Å². The number of thioether (sulfide) groups is 1. The van der Waals surface area contributed by atoms with Crippen LogP contribution in [-0.4, -0.2) is 32.2 Å². The van der Waals surface area contributed by atoms with Crippen LogP contribution in [0.4, 0.5) is 0 Å². The maximum Gasteiger partial charge on any atom is 0.326 e. The maximum atomic E-state index is 12.3. The molecule has 1 saturated heterocycles. The molecule has 6 heteroatoms. The number of aryl methyl sites for hydroxylation is 1. The van der Waals surface area contributed by atoms with Gasteiger partial charge in [0.05, 0.1) is 4.91 Å². The van der Waals surface area contributed by atoms with E-state index in [2.05, 4.69) is 0 Å². The van der Waals surface area contributed by atoms with Gasteiger partial charge in [-0.2, -0.15) is 0 Å². The zero-order valence-corrected chi connectivity index (χ0v) is 12.6. The standard InChI is InChI=1S/C14H13NO3S2/c1-8-5-3-4-6-10(8)7-11-12(16)15(14(19)20-11)9(2)13(17)18/h3-7,9H,1-2H3,(H,17,18)/b11-7-/t9-/m1/s1. The minimum Gasteiger partial charge on any atom is -0.480 e. The minimum absolute atomic E-state index is 0.282. The fourth-order valence-corrected chi connectivity index (χ4v) is 3.22. The summed E-state index contributed by atoms with van der Waals surface area (Å²) in [6.07, 6.45) is 1.75. The number of hydrogen-bond acceptors (Lipinski definition) is 4. The zero-order chi connectivity index (χ0) is 14.9. The van der Waals surface area contributed by atoms with Crippen LogP contribution in [0.15, 0.2) is 29.2 Å². The molecular weight excluding hydrogens is 294 g/mol. The molecule has 0 spiro atoms. The lowest BCUT2D eigenvalue weighted by molar-refractivity contribution is -0.144. The van der Waals surface area contributed by atoms with Gasteiger partial charge in [-0.1, -0.05) is 48.2 Å². The number of nitrogens with zero attached hydrogens (tertiary/aromatic N) is 1. The van der Waals surface area contributed by atoms with E-state index in [1.807, 2.05) is 31.2 Å². The average molecular weight is 307 g/mol. The van der Waals surface area contributed by atoms with Gasteiger partial charge in [-0.3, -0.25) is 9.69 Å². The van der Waals surface area contributed by atoms with Gasteiger partial charge in [0.25, 0.3) is 5.91 Å². The van der Waals surface area contributed by atoms with Gasteiger partial charge in [-0.05, 0) is 31.1 Å². The summed E-state index contributed by atoms with van der Waals surface area (Å²) in [6.45, 7) is 3.40. The number of carbonyl (C=O) groups is 2. The number of carboxylic acids is 1. The molecule has 104 valence electrons. The predicted molar refractivity (Wildman–Crippen MR) is 83.3 cm³/mol. The van der Waals surface area contributed by atoms with Crippen LogP contribution in [0.1, 0.15) is 18.1 Å². The normalized spacial score (nSPS) is 18.7. The number of amides is 1. The lowest BCUT2D eigenvalue weighted by atomic mass is 10.1. The van der Waals surface area contributed by atoms with Crippen molar-refractivity contribution in [2.75, 3.05) is 0 Å². The van der Waals surface area contributed by atoms with E-state index in [9.17, 15) is 9.59 Å². The van der Waals surface area contributed by atoms with Gasteiger partial charge < -0.3 is 5.11 Å². The molecule has 4 nitrogen and oxygen atoms in total. The molecule has 0 aliphatic carbocycles. The summed E-state index contributed by atoms with van der Waals surface area (Å²) >= 11 is 6.24. The Balaban J connectivity index is 2.33. The lowest BCUT2D eigenvalue weighted by Crippen LogP contribution is -2.41. The van der Waals surface area contributed by atoms with Gasteiger partial charge in [0, 0.05) is 0 Å². The van der Waals surface area contributed by atoms with E-state index < -0.39 is 12.0 Å². The number of aliphatic carboxylic acids is 1. The first kappa shape index (κ1) is 14.7. The Morgan fingerprint density at radius 2 is 2.10 bits per heavy atom. The molecule has 0 radical (unpaired) electrons. The Labute approximate surface area is 126 Å². The number of rotatable bonds is 3. The largest absolute Gasteiger partial charge is 0.480 e. The molecule has 2 rings (SSSR count). The number of hydrogen-bond donors (Lipinski definition) is 1. The third-order valence-corrected chi connectivity index (χ3v) is 4.37. The molecule has 1 atom stereocenters. The van der Waals surface area contributed by atoms with E-state index in [1.54, 1.807) is 6.08 Å². The predicted octanol–water partition coefficient (Wildman–Crippen LogP) is 2.67. The summed E-state index contributed by atoms with van der Waals surface area (Å²) in [5.41, 5.74) is 1.97. The molecule has 1 amide bonds. The number of carbonyl (C=O) groups excluding carboxylic acids is 1. The van der Waals surface area contributed by atoms with E-state index in [-0.39, 0.29) is 10.2 Å². The fourth-order valence-electron chi connectivity index (χ4n) is 1.81. The summed E-state index contributed by atoms with van der Waals surface area (Å²) in [4.78, 5) is 24.9. The van der Waals surface area contributed by atoms with Crippen molar-refractivity contribution >= 4 is 46.3 Å². The van der Waals surface area contributed by atoms with Crippen LogP contribution < -0.4 is 0 Å². The molecule has 1 aromatic carbocycles. The van der Waals surface area contributed by atoms with Gasteiger partial charge in [0.1, 0.15) is 10.4 Å².